The van der Waals surface area contributed by atoms with Crippen molar-refractivity contribution in [2.75, 3.05) is 35.8 Å². The van der Waals surface area contributed by atoms with Crippen LogP contribution in [0.3, 0.4) is 0 Å². The summed E-state index contributed by atoms with van der Waals surface area (Å²) in [4.78, 5) is 84.3. The molecular formula is C59H66Br3ClO18. The van der Waals surface area contributed by atoms with E-state index in [4.69, 9.17) is 54.2 Å². The van der Waals surface area contributed by atoms with Crippen LogP contribution in [0, 0.1) is 5.92 Å². The van der Waals surface area contributed by atoms with Gasteiger partial charge in [0, 0.05) is 41.2 Å². The van der Waals surface area contributed by atoms with Crippen molar-refractivity contribution in [3.8, 4) is 23.0 Å². The van der Waals surface area contributed by atoms with Gasteiger partial charge in [-0.25, -0.2) is 19.2 Å². The van der Waals surface area contributed by atoms with E-state index < -0.39 is 60.5 Å². The number of aromatic hydroxyl groups is 2. The van der Waals surface area contributed by atoms with Crippen molar-refractivity contribution in [2.45, 2.75) is 133 Å². The van der Waals surface area contributed by atoms with E-state index >= 15 is 0 Å². The van der Waals surface area contributed by atoms with Crippen molar-refractivity contribution in [2.24, 2.45) is 5.92 Å². The third-order valence-corrected chi connectivity index (χ3v) is 15.3. The number of rotatable bonds is 25. The molecule has 4 fully saturated rings. The Labute approximate surface area is 500 Å². The Balaban J connectivity index is 0.000000242. The van der Waals surface area contributed by atoms with Crippen molar-refractivity contribution in [1.29, 1.82) is 0 Å². The first-order chi connectivity index (χ1) is 39.1. The van der Waals surface area contributed by atoms with Gasteiger partial charge < -0.3 is 52.8 Å². The van der Waals surface area contributed by atoms with E-state index in [9.17, 15) is 43.8 Å². The quantitative estimate of drug-likeness (QED) is 0.0156. The summed E-state index contributed by atoms with van der Waals surface area (Å²) in [6, 6.07) is 24.0. The van der Waals surface area contributed by atoms with Crippen LogP contribution in [0.25, 0.3) is 0 Å². The minimum Gasteiger partial charge on any atom is -0.508 e. The van der Waals surface area contributed by atoms with Gasteiger partial charge in [-0.15, -0.1) is 0 Å². The second kappa shape index (κ2) is 34.2. The Morgan fingerprint density at radius 1 is 0.420 bits per heavy atom. The summed E-state index contributed by atoms with van der Waals surface area (Å²) in [7, 11) is 0. The number of ether oxygens (including phenoxy) is 9. The molecule has 3 aliphatic heterocycles. The molecule has 0 bridgehead atoms. The molecule has 1 aliphatic carbocycles. The third-order valence-electron chi connectivity index (χ3n) is 13.4. The van der Waals surface area contributed by atoms with Crippen molar-refractivity contribution >= 4 is 100 Å². The number of carbonyl (C=O) groups is 7. The fraction of sp³-hybridized carbons (Fsp3) is 0.475. The van der Waals surface area contributed by atoms with E-state index in [-0.39, 0.29) is 71.6 Å². The summed E-state index contributed by atoms with van der Waals surface area (Å²) in [6.07, 6.45) is 7.45. The number of phenols is 2. The van der Waals surface area contributed by atoms with Crippen LogP contribution < -0.4 is 9.47 Å². The molecular weight excluding hydrogens is 1270 g/mol. The molecule has 18 nitrogen and oxygen atoms in total. The average Bonchev–Trinajstić information content (AvgIpc) is 4.28. The van der Waals surface area contributed by atoms with Crippen LogP contribution in [-0.2, 0) is 47.5 Å². The van der Waals surface area contributed by atoms with Crippen molar-refractivity contribution in [3.05, 3.63) is 119 Å². The minimum absolute atomic E-state index is 0.0290. The Morgan fingerprint density at radius 2 is 0.753 bits per heavy atom. The van der Waals surface area contributed by atoms with Gasteiger partial charge in [-0.3, -0.25) is 14.4 Å². The predicted octanol–water partition coefficient (Wildman–Crippen LogP) is 11.3. The fourth-order valence-electron chi connectivity index (χ4n) is 9.11. The Morgan fingerprint density at radius 3 is 1.14 bits per heavy atom. The number of carbonyl (C=O) groups excluding carboxylic acids is 7. The molecule has 3 saturated heterocycles. The molecule has 4 aliphatic rings. The Hall–Kier alpha value is -5.42. The molecule has 22 heteroatoms. The van der Waals surface area contributed by atoms with Gasteiger partial charge in [0.05, 0.1) is 42.1 Å². The standard InChI is InChI=1S/C32H36Br2O10.C21H20O7.C6H10BrClO/c33-17-5-1-3-7-27(35)41-23-13-9-21(10-14-23)31(37)43-25-19-39-30-26(20-40-29(25)30)44-32(38)22-11-15-24(16-12-22)42-28(36)8-4-2-6-18-34;22-14-5-1-12(2-6-14)20(24)27-17-10-9-16-18(11-26-19(16)17)28-21(25)13-3-7-15(23)8-4-13;7-5-3-1-2-4-6(8)9/h9-16,25-26,29-30H,1-8,17-20H2;1-8,16-19,22-23H,9-11H2;1-5H2/t25-,26-,29-,30-;16-,17-,18-,19+;/m11./s1. The van der Waals surface area contributed by atoms with Gasteiger partial charge in [0.2, 0.25) is 5.24 Å². The summed E-state index contributed by atoms with van der Waals surface area (Å²) < 4.78 is 50.5. The van der Waals surface area contributed by atoms with E-state index in [1.54, 1.807) is 24.3 Å². The van der Waals surface area contributed by atoms with E-state index in [0.717, 1.165) is 80.2 Å². The molecule has 0 radical (unpaired) electrons. The monoisotopic (exact) mass is 1330 g/mol. The number of benzene rings is 4. The smallest absolute Gasteiger partial charge is 0.338 e. The van der Waals surface area contributed by atoms with E-state index in [0.29, 0.717) is 48.3 Å². The van der Waals surface area contributed by atoms with E-state index in [1.807, 2.05) is 0 Å². The van der Waals surface area contributed by atoms with Gasteiger partial charge >= 0.3 is 35.8 Å². The highest BCUT2D eigenvalue weighted by atomic mass is 79.9. The molecule has 2 N–H and O–H groups in total. The highest BCUT2D eigenvalue weighted by Gasteiger charge is 2.52. The van der Waals surface area contributed by atoms with Gasteiger partial charge in [-0.1, -0.05) is 67.1 Å². The molecule has 1 saturated carbocycles. The molecule has 0 aromatic heterocycles. The van der Waals surface area contributed by atoms with Gasteiger partial charge in [0.15, 0.2) is 12.2 Å². The predicted molar refractivity (Wildman–Crippen MR) is 307 cm³/mol. The van der Waals surface area contributed by atoms with Gasteiger partial charge in [-0.2, -0.15) is 0 Å². The van der Waals surface area contributed by atoms with Gasteiger partial charge in [-0.05, 0) is 160 Å². The molecule has 438 valence electrons. The maximum Gasteiger partial charge on any atom is 0.338 e. The number of halogens is 4. The number of hydrogen-bond donors (Lipinski definition) is 2. The minimum atomic E-state index is -0.679. The summed E-state index contributed by atoms with van der Waals surface area (Å²) in [5.74, 6) is -1.89. The summed E-state index contributed by atoms with van der Waals surface area (Å²) >= 11 is 15.1. The lowest BCUT2D eigenvalue weighted by atomic mass is 10.0. The van der Waals surface area contributed by atoms with Crippen LogP contribution in [0.1, 0.15) is 131 Å². The maximum absolute atomic E-state index is 12.8. The van der Waals surface area contributed by atoms with Crippen molar-refractivity contribution in [1.82, 2.24) is 0 Å². The summed E-state index contributed by atoms with van der Waals surface area (Å²) in [5, 5.41) is 21.2. The van der Waals surface area contributed by atoms with E-state index in [2.05, 4.69) is 47.8 Å². The van der Waals surface area contributed by atoms with Crippen LogP contribution in [0.2, 0.25) is 0 Å². The normalized spacial score (nSPS) is 21.1. The highest BCUT2D eigenvalue weighted by molar-refractivity contribution is 9.09. The lowest BCUT2D eigenvalue weighted by Crippen LogP contribution is -2.36. The van der Waals surface area contributed by atoms with Crippen LogP contribution in [-0.4, -0.2) is 130 Å². The van der Waals surface area contributed by atoms with Crippen LogP contribution >= 0.6 is 59.4 Å². The SMILES string of the molecule is O=C(CCCCCBr)Oc1ccc(C(=O)O[C@@H]2CO[C@H]3[C@@H]2OC[C@H]3OC(=O)c2ccc(OC(=O)CCCCCBr)cc2)cc1.O=C(Cl)CCCCCBr.O=C(O[C@@H]1CO[C@H]2[C@@H]1CC[C@H]2OC(=O)c1ccc(O)cc1)c1ccc(O)cc1. The maximum atomic E-state index is 12.8. The van der Waals surface area contributed by atoms with Crippen LogP contribution in [0.5, 0.6) is 23.0 Å². The molecule has 8 rings (SSSR count). The van der Waals surface area contributed by atoms with Gasteiger partial charge in [0.1, 0.15) is 53.5 Å². The van der Waals surface area contributed by atoms with Gasteiger partial charge in [0.25, 0.3) is 0 Å². The Kier molecular flexibility index (Phi) is 27.4. The number of unbranched alkanes of at least 4 members (excludes halogenated alkanes) is 6. The average molecular weight is 1340 g/mol. The summed E-state index contributed by atoms with van der Waals surface area (Å²) in [5.41, 5.74) is 1.29. The first kappa shape index (κ1) is 64.7. The Bertz CT molecular complexity index is 2490. The molecule has 0 amide bonds. The zero-order valence-corrected chi connectivity index (χ0v) is 50.0. The first-order valence-corrected chi connectivity index (χ1v) is 30.6. The highest BCUT2D eigenvalue weighted by Crippen LogP contribution is 2.40. The lowest BCUT2D eigenvalue weighted by Gasteiger charge is -2.19. The number of hydrogen-bond acceptors (Lipinski definition) is 18. The zero-order chi connectivity index (χ0) is 58.1. The zero-order valence-electron chi connectivity index (χ0n) is 44.4. The second-order valence-corrected chi connectivity index (χ2v) is 22.2. The lowest BCUT2D eigenvalue weighted by molar-refractivity contribution is -0.135. The first-order valence-electron chi connectivity index (χ1n) is 26.9. The molecule has 3 heterocycles. The topological polar surface area (TPSA) is 243 Å². The van der Waals surface area contributed by atoms with Crippen LogP contribution in [0.15, 0.2) is 97.1 Å². The van der Waals surface area contributed by atoms with E-state index in [1.165, 1.54) is 72.8 Å². The second-order valence-electron chi connectivity index (χ2n) is 19.4. The number of phenolic OH excluding ortho intramolecular Hbond substituents is 2. The largest absolute Gasteiger partial charge is 0.508 e. The number of alkyl halides is 3. The number of esters is 6. The molecule has 8 atom stereocenters. The molecule has 0 spiro atoms. The molecule has 4 aromatic carbocycles. The van der Waals surface area contributed by atoms with Crippen LogP contribution in [0.4, 0.5) is 0 Å². The third kappa shape index (κ3) is 21.1. The number of fused-ring (bicyclic) bond motifs is 2. The molecule has 81 heavy (non-hydrogen) atoms. The molecule has 4 aromatic rings. The molecule has 0 unspecified atom stereocenters. The van der Waals surface area contributed by atoms with Crippen molar-refractivity contribution in [3.63, 3.8) is 0 Å². The fourth-order valence-corrected chi connectivity index (χ4v) is 10.4. The summed E-state index contributed by atoms with van der Waals surface area (Å²) in [6.45, 7) is 0.443. The van der Waals surface area contributed by atoms with Crippen molar-refractivity contribution < 1.29 is 86.4 Å².